The Kier molecular flexibility index (Phi) is 6.71. The molecule has 0 aliphatic rings. The van der Waals surface area contributed by atoms with E-state index in [0.717, 1.165) is 38.2 Å². The lowest BCUT2D eigenvalue weighted by Gasteiger charge is -2.10. The second kappa shape index (κ2) is 8.13. The van der Waals surface area contributed by atoms with E-state index >= 15 is 0 Å². The van der Waals surface area contributed by atoms with E-state index in [2.05, 4.69) is 38.1 Å². The molecule has 1 aromatic carbocycles. The van der Waals surface area contributed by atoms with Crippen LogP contribution in [-0.4, -0.2) is 13.2 Å². The van der Waals surface area contributed by atoms with Gasteiger partial charge in [-0.25, -0.2) is 0 Å². The van der Waals surface area contributed by atoms with E-state index in [9.17, 15) is 0 Å². The molecule has 0 amide bonds. The minimum Gasteiger partial charge on any atom is -0.494 e. The van der Waals surface area contributed by atoms with Crippen LogP contribution >= 0.6 is 0 Å². The summed E-state index contributed by atoms with van der Waals surface area (Å²) in [6.45, 7) is 6.04. The van der Waals surface area contributed by atoms with Gasteiger partial charge in [-0.3, -0.25) is 0 Å². The van der Waals surface area contributed by atoms with Crippen molar-refractivity contribution in [2.75, 3.05) is 13.2 Å². The van der Waals surface area contributed by atoms with Crippen LogP contribution in [0.5, 0.6) is 5.75 Å². The summed E-state index contributed by atoms with van der Waals surface area (Å²) in [4.78, 5) is 0. The number of ether oxygens (including phenoxy) is 1. The van der Waals surface area contributed by atoms with Gasteiger partial charge in [-0.05, 0) is 55.8 Å². The van der Waals surface area contributed by atoms with Crippen molar-refractivity contribution in [3.63, 3.8) is 0 Å². The van der Waals surface area contributed by atoms with E-state index in [1.165, 1.54) is 12.0 Å². The SMILES string of the molecule is CCC(C)c1ccc(OCCCCCN)cc1. The second-order valence-corrected chi connectivity index (χ2v) is 4.58. The predicted octanol–water partition coefficient (Wildman–Crippen LogP) is 3.71. The fourth-order valence-corrected chi connectivity index (χ4v) is 1.74. The van der Waals surface area contributed by atoms with E-state index in [4.69, 9.17) is 10.5 Å². The van der Waals surface area contributed by atoms with Gasteiger partial charge < -0.3 is 10.5 Å². The van der Waals surface area contributed by atoms with Gasteiger partial charge in [0.2, 0.25) is 0 Å². The number of unbranched alkanes of at least 4 members (excludes halogenated alkanes) is 2. The molecular weight excluding hydrogens is 210 g/mol. The molecule has 0 radical (unpaired) electrons. The lowest BCUT2D eigenvalue weighted by atomic mass is 9.99. The van der Waals surface area contributed by atoms with Crippen LogP contribution in [0, 0.1) is 0 Å². The summed E-state index contributed by atoms with van der Waals surface area (Å²) in [5.74, 6) is 1.61. The highest BCUT2D eigenvalue weighted by Crippen LogP contribution is 2.21. The van der Waals surface area contributed by atoms with Crippen LogP contribution in [-0.2, 0) is 0 Å². The standard InChI is InChI=1S/C15H25NO/c1-3-13(2)14-7-9-15(10-8-14)17-12-6-4-5-11-16/h7-10,13H,3-6,11-12,16H2,1-2H3. The van der Waals surface area contributed by atoms with Crippen LogP contribution in [0.15, 0.2) is 24.3 Å². The summed E-state index contributed by atoms with van der Waals surface area (Å²) in [5.41, 5.74) is 6.83. The highest BCUT2D eigenvalue weighted by molar-refractivity contribution is 5.29. The molecule has 1 unspecified atom stereocenters. The fourth-order valence-electron chi connectivity index (χ4n) is 1.74. The first-order chi connectivity index (χ1) is 8.27. The first-order valence-corrected chi connectivity index (χ1v) is 6.70. The minimum absolute atomic E-state index is 0.633. The van der Waals surface area contributed by atoms with E-state index in [-0.39, 0.29) is 0 Å². The Hall–Kier alpha value is -1.02. The first kappa shape index (κ1) is 14.0. The Balaban J connectivity index is 2.30. The van der Waals surface area contributed by atoms with Crippen molar-refractivity contribution in [1.29, 1.82) is 0 Å². The quantitative estimate of drug-likeness (QED) is 0.697. The lowest BCUT2D eigenvalue weighted by molar-refractivity contribution is 0.305. The summed E-state index contributed by atoms with van der Waals surface area (Å²) in [6.07, 6.45) is 4.52. The molecular formula is C15H25NO. The predicted molar refractivity (Wildman–Crippen MR) is 73.5 cm³/mol. The van der Waals surface area contributed by atoms with Gasteiger partial charge in [0.05, 0.1) is 6.61 Å². The van der Waals surface area contributed by atoms with E-state index in [0.29, 0.717) is 5.92 Å². The molecule has 2 heteroatoms. The number of hydrogen-bond donors (Lipinski definition) is 1. The molecule has 0 bridgehead atoms. The molecule has 17 heavy (non-hydrogen) atoms. The molecule has 0 heterocycles. The van der Waals surface area contributed by atoms with Crippen molar-refractivity contribution in [3.05, 3.63) is 29.8 Å². The van der Waals surface area contributed by atoms with Crippen molar-refractivity contribution >= 4 is 0 Å². The van der Waals surface area contributed by atoms with Gasteiger partial charge >= 0.3 is 0 Å². The first-order valence-electron chi connectivity index (χ1n) is 6.70. The average Bonchev–Trinajstić information content (AvgIpc) is 2.38. The molecule has 2 N–H and O–H groups in total. The molecule has 0 saturated heterocycles. The second-order valence-electron chi connectivity index (χ2n) is 4.58. The number of benzene rings is 1. The third kappa shape index (κ3) is 5.22. The molecule has 2 nitrogen and oxygen atoms in total. The summed E-state index contributed by atoms with van der Waals surface area (Å²) in [7, 11) is 0. The monoisotopic (exact) mass is 235 g/mol. The summed E-state index contributed by atoms with van der Waals surface area (Å²) < 4.78 is 5.68. The maximum atomic E-state index is 5.68. The minimum atomic E-state index is 0.633. The normalized spacial score (nSPS) is 12.4. The van der Waals surface area contributed by atoms with Crippen LogP contribution in [0.3, 0.4) is 0 Å². The summed E-state index contributed by atoms with van der Waals surface area (Å²) in [6, 6.07) is 8.49. The molecule has 0 aromatic heterocycles. The fraction of sp³-hybridized carbons (Fsp3) is 0.600. The average molecular weight is 235 g/mol. The molecule has 1 atom stereocenters. The molecule has 0 saturated carbocycles. The van der Waals surface area contributed by atoms with E-state index in [1.54, 1.807) is 0 Å². The lowest BCUT2D eigenvalue weighted by Crippen LogP contribution is -2.01. The number of rotatable bonds is 8. The smallest absolute Gasteiger partial charge is 0.119 e. The Morgan fingerprint density at radius 1 is 1.12 bits per heavy atom. The van der Waals surface area contributed by atoms with Crippen molar-refractivity contribution in [3.8, 4) is 5.75 Å². The van der Waals surface area contributed by atoms with Crippen molar-refractivity contribution in [1.82, 2.24) is 0 Å². The zero-order valence-electron chi connectivity index (χ0n) is 11.1. The molecule has 96 valence electrons. The molecule has 0 aliphatic carbocycles. The Bertz CT molecular complexity index is 294. The van der Waals surface area contributed by atoms with Crippen LogP contribution in [0.1, 0.15) is 51.0 Å². The van der Waals surface area contributed by atoms with Crippen molar-refractivity contribution < 1.29 is 4.74 Å². The highest BCUT2D eigenvalue weighted by atomic mass is 16.5. The van der Waals surface area contributed by atoms with Crippen LogP contribution in [0.2, 0.25) is 0 Å². The molecule has 0 spiro atoms. The maximum Gasteiger partial charge on any atom is 0.119 e. The van der Waals surface area contributed by atoms with Gasteiger partial charge in [0.25, 0.3) is 0 Å². The Labute approximate surface area is 105 Å². The van der Waals surface area contributed by atoms with Gasteiger partial charge in [0.1, 0.15) is 5.75 Å². The van der Waals surface area contributed by atoms with Gasteiger partial charge in [0, 0.05) is 0 Å². The molecule has 1 rings (SSSR count). The summed E-state index contributed by atoms with van der Waals surface area (Å²) >= 11 is 0. The third-order valence-electron chi connectivity index (χ3n) is 3.18. The van der Waals surface area contributed by atoms with Gasteiger partial charge in [-0.15, -0.1) is 0 Å². The molecule has 0 fully saturated rings. The van der Waals surface area contributed by atoms with E-state index < -0.39 is 0 Å². The Morgan fingerprint density at radius 2 is 1.82 bits per heavy atom. The zero-order chi connectivity index (χ0) is 12.5. The zero-order valence-corrected chi connectivity index (χ0v) is 11.1. The number of hydrogen-bond acceptors (Lipinski definition) is 2. The van der Waals surface area contributed by atoms with Crippen LogP contribution < -0.4 is 10.5 Å². The molecule has 0 aliphatic heterocycles. The van der Waals surface area contributed by atoms with Crippen molar-refractivity contribution in [2.45, 2.75) is 45.4 Å². The maximum absolute atomic E-state index is 5.68. The van der Waals surface area contributed by atoms with Crippen LogP contribution in [0.4, 0.5) is 0 Å². The largest absolute Gasteiger partial charge is 0.494 e. The summed E-state index contributed by atoms with van der Waals surface area (Å²) in [5, 5.41) is 0. The van der Waals surface area contributed by atoms with E-state index in [1.807, 2.05) is 0 Å². The Morgan fingerprint density at radius 3 is 2.41 bits per heavy atom. The van der Waals surface area contributed by atoms with Crippen LogP contribution in [0.25, 0.3) is 0 Å². The highest BCUT2D eigenvalue weighted by Gasteiger charge is 2.02. The van der Waals surface area contributed by atoms with Gasteiger partial charge in [-0.2, -0.15) is 0 Å². The topological polar surface area (TPSA) is 35.2 Å². The van der Waals surface area contributed by atoms with Crippen molar-refractivity contribution in [2.24, 2.45) is 5.73 Å². The van der Waals surface area contributed by atoms with Gasteiger partial charge in [0.15, 0.2) is 0 Å². The third-order valence-corrected chi connectivity index (χ3v) is 3.18. The number of nitrogens with two attached hydrogens (primary N) is 1. The molecule has 1 aromatic rings. The van der Waals surface area contributed by atoms with Gasteiger partial charge in [-0.1, -0.05) is 26.0 Å².